The van der Waals surface area contributed by atoms with Gasteiger partial charge < -0.3 is 42.7 Å². The van der Waals surface area contributed by atoms with Crippen LogP contribution >= 0.6 is 0 Å². The molecule has 0 saturated carbocycles. The molecule has 8 saturated heterocycles. The normalized spacial score (nSPS) is 44.6. The van der Waals surface area contributed by atoms with E-state index in [-0.39, 0.29) is 85.8 Å². The van der Waals surface area contributed by atoms with Gasteiger partial charge in [0.15, 0.2) is 14.1 Å². The predicted molar refractivity (Wildman–Crippen MR) is 226 cm³/mol. The van der Waals surface area contributed by atoms with Crippen molar-refractivity contribution in [3.8, 4) is 0 Å². The van der Waals surface area contributed by atoms with E-state index in [0.29, 0.717) is 23.7 Å². The van der Waals surface area contributed by atoms with Crippen LogP contribution in [-0.4, -0.2) is 106 Å². The van der Waals surface area contributed by atoms with Crippen LogP contribution in [0.25, 0.3) is 0 Å². The summed E-state index contributed by atoms with van der Waals surface area (Å²) >= 11 is 0. The maximum Gasteiger partial charge on any atom is 0.191 e. The smallest absolute Gasteiger partial charge is 0.191 e. The molecule has 8 aliphatic rings. The molecule has 0 radical (unpaired) electrons. The van der Waals surface area contributed by atoms with Crippen LogP contribution in [0.15, 0.2) is 24.3 Å². The third-order valence-corrected chi connectivity index (χ3v) is 20.8. The highest BCUT2D eigenvalue weighted by molar-refractivity contribution is 6.73. The van der Waals surface area contributed by atoms with Gasteiger partial charge in [0, 0.05) is 38.4 Å². The van der Waals surface area contributed by atoms with Crippen molar-refractivity contribution in [2.45, 2.75) is 230 Å². The maximum atomic E-state index is 9.46. The molecule has 8 rings (SSSR count). The molecule has 0 aromatic rings. The van der Waals surface area contributed by atoms with Gasteiger partial charge in [-0.05, 0) is 104 Å². The molecule has 0 spiro atoms. The van der Waals surface area contributed by atoms with Crippen molar-refractivity contribution in [3.05, 3.63) is 24.3 Å². The molecule has 6 bridgehead atoms. The Hall–Kier alpha value is -0.663. The number of rotatable bonds is 20. The Kier molecular flexibility index (Phi) is 14.6. The summed E-state index contributed by atoms with van der Waals surface area (Å²) in [5, 5.41) is 9.46. The molecule has 18 atom stereocenters. The lowest BCUT2D eigenvalue weighted by Gasteiger charge is -2.42. The number of hydrogen-bond acceptors (Lipinski definition) is 9. The van der Waals surface area contributed by atoms with Crippen LogP contribution in [-0.2, 0) is 37.6 Å². The molecule has 8 aliphatic heterocycles. The zero-order chi connectivity index (χ0) is 40.6. The Morgan fingerprint density at radius 1 is 0.789 bits per heavy atom. The van der Waals surface area contributed by atoms with Gasteiger partial charge in [-0.1, -0.05) is 75.0 Å². The second kappa shape index (κ2) is 18.8. The van der Waals surface area contributed by atoms with Gasteiger partial charge in [0.1, 0.15) is 18.3 Å². The molecule has 5 unspecified atom stereocenters. The van der Waals surface area contributed by atoms with Crippen LogP contribution < -0.4 is 0 Å². The second-order valence-corrected chi connectivity index (χ2v) is 24.5. The van der Waals surface area contributed by atoms with Gasteiger partial charge in [-0.2, -0.15) is 0 Å². The van der Waals surface area contributed by atoms with Crippen LogP contribution in [0.4, 0.5) is 0 Å². The van der Waals surface area contributed by atoms with Gasteiger partial charge in [0.05, 0.1) is 54.9 Å². The van der Waals surface area contributed by atoms with E-state index in [0.717, 1.165) is 83.7 Å². The summed E-state index contributed by atoms with van der Waals surface area (Å²) in [6.45, 7) is 28.7. The fourth-order valence-electron chi connectivity index (χ4n) is 12.1. The van der Waals surface area contributed by atoms with Crippen molar-refractivity contribution in [3.63, 3.8) is 0 Å². The molecule has 8 heterocycles. The molecular formula is C47H80O9Si. The Bertz CT molecular complexity index is 1350. The van der Waals surface area contributed by atoms with Crippen LogP contribution in [0.5, 0.6) is 0 Å². The van der Waals surface area contributed by atoms with E-state index in [2.05, 4.69) is 68.5 Å². The molecule has 1 N–H and O–H groups in total. The summed E-state index contributed by atoms with van der Waals surface area (Å²) in [5.74, 6) is 1.49. The van der Waals surface area contributed by atoms with Crippen molar-refractivity contribution >= 4 is 8.32 Å². The highest BCUT2D eigenvalue weighted by Gasteiger charge is 2.67. The number of aliphatic hydroxyl groups is 1. The first-order valence-electron chi connectivity index (χ1n) is 23.6. The number of aliphatic hydroxyl groups excluding tert-OH is 1. The summed E-state index contributed by atoms with van der Waals surface area (Å²) in [7, 11) is -1.59. The third-order valence-electron chi connectivity index (χ3n) is 16.1. The zero-order valence-electron chi connectivity index (χ0n) is 37.0. The molecule has 326 valence electrons. The molecule has 10 heteroatoms. The standard InChI is InChI=1S/C47H80O9Si/c1-11-36-32(9)39(22-28(5)27-49-57(12-2,13-3)14-4)52-41(36)25-40-31(8)29(6)23-34(51-40)17-18-37-30(7)24-35(50-37)19-20-47-26-42-44(56-47)46-45(54-42)43(55-47)33(10)38(53-46)16-15-21-48/h28-29,32-46,48H,7-8,11-27H2,1-6,9-10H3/t28-,29+,32+,33?,34-,35-,36?,37?,38-,39+,40?,41-,42+,43-,44?,45-,46-,47+/m0/s1. The molecule has 9 nitrogen and oxygen atoms in total. The Morgan fingerprint density at radius 3 is 2.23 bits per heavy atom. The number of ether oxygens (including phenoxy) is 7. The molecule has 0 amide bonds. The number of hydrogen-bond donors (Lipinski definition) is 1. The minimum atomic E-state index is -1.59. The van der Waals surface area contributed by atoms with Crippen molar-refractivity contribution in [2.24, 2.45) is 29.6 Å². The minimum Gasteiger partial charge on any atom is -0.417 e. The Labute approximate surface area is 346 Å². The maximum absolute atomic E-state index is 9.46. The van der Waals surface area contributed by atoms with E-state index in [1.54, 1.807) is 0 Å². The predicted octanol–water partition coefficient (Wildman–Crippen LogP) is 9.31. The average molecular weight is 817 g/mol. The van der Waals surface area contributed by atoms with Gasteiger partial charge in [0.25, 0.3) is 0 Å². The van der Waals surface area contributed by atoms with Crippen LogP contribution in [0, 0.1) is 29.6 Å². The fraction of sp³-hybridized carbons (Fsp3) is 0.915. The fourth-order valence-corrected chi connectivity index (χ4v) is 14.9. The quantitative estimate of drug-likeness (QED) is 0.0954. The molecular weight excluding hydrogens is 737 g/mol. The van der Waals surface area contributed by atoms with Crippen molar-refractivity contribution in [2.75, 3.05) is 13.2 Å². The summed E-state index contributed by atoms with van der Waals surface area (Å²) in [5.41, 5.74) is 2.43. The van der Waals surface area contributed by atoms with Gasteiger partial charge >= 0.3 is 0 Å². The Balaban J connectivity index is 0.884. The lowest BCUT2D eigenvalue weighted by Crippen LogP contribution is -2.54. The highest BCUT2D eigenvalue weighted by Crippen LogP contribution is 2.54. The van der Waals surface area contributed by atoms with E-state index in [9.17, 15) is 5.11 Å². The monoisotopic (exact) mass is 817 g/mol. The lowest BCUT2D eigenvalue weighted by atomic mass is 9.80. The summed E-state index contributed by atoms with van der Waals surface area (Å²) in [4.78, 5) is 0. The first kappa shape index (κ1) is 44.4. The summed E-state index contributed by atoms with van der Waals surface area (Å²) in [6, 6.07) is 3.60. The van der Waals surface area contributed by atoms with E-state index in [1.807, 2.05) is 0 Å². The SMILES string of the molecule is C=C1C[C@H](CC[C@@]23C[C@H]4O[C@H]5[C@@H](O2)C(C)[C@H](CCCO)O[C@H]5C4O3)OC1CC[C@H]1C[C@@H](C)C(=C)C(C[C@@H]2O[C@H](C[C@H](C)CO[Si](CC)(CC)CC)[C@H](C)C2CC)O1. The third kappa shape index (κ3) is 9.27. The van der Waals surface area contributed by atoms with Crippen molar-refractivity contribution < 1.29 is 42.7 Å². The van der Waals surface area contributed by atoms with E-state index < -0.39 is 14.1 Å². The summed E-state index contributed by atoms with van der Waals surface area (Å²) in [6.07, 6.45) is 11.4. The molecule has 0 aromatic carbocycles. The van der Waals surface area contributed by atoms with Gasteiger partial charge in [-0.25, -0.2) is 0 Å². The second-order valence-electron chi connectivity index (χ2n) is 19.7. The highest BCUT2D eigenvalue weighted by atomic mass is 28.4. The van der Waals surface area contributed by atoms with Crippen molar-refractivity contribution in [1.29, 1.82) is 0 Å². The molecule has 0 aromatic heterocycles. The molecule has 0 aliphatic carbocycles. The van der Waals surface area contributed by atoms with E-state index >= 15 is 0 Å². The van der Waals surface area contributed by atoms with Gasteiger partial charge in [0.2, 0.25) is 0 Å². The van der Waals surface area contributed by atoms with Crippen LogP contribution in [0.2, 0.25) is 18.1 Å². The first-order chi connectivity index (χ1) is 27.4. The minimum absolute atomic E-state index is 0.0134. The van der Waals surface area contributed by atoms with Gasteiger partial charge in [-0.15, -0.1) is 0 Å². The lowest BCUT2D eigenvalue weighted by molar-refractivity contribution is -0.263. The first-order valence-corrected chi connectivity index (χ1v) is 26.1. The molecule has 57 heavy (non-hydrogen) atoms. The largest absolute Gasteiger partial charge is 0.417 e. The van der Waals surface area contributed by atoms with E-state index in [4.69, 9.17) is 37.6 Å². The van der Waals surface area contributed by atoms with Crippen LogP contribution in [0.3, 0.4) is 0 Å². The topological polar surface area (TPSA) is 94.1 Å². The zero-order valence-corrected chi connectivity index (χ0v) is 38.0. The Morgan fingerprint density at radius 2 is 1.51 bits per heavy atom. The van der Waals surface area contributed by atoms with Crippen molar-refractivity contribution in [1.82, 2.24) is 0 Å². The van der Waals surface area contributed by atoms with Crippen LogP contribution in [0.1, 0.15) is 132 Å². The summed E-state index contributed by atoms with van der Waals surface area (Å²) < 4.78 is 54.0. The van der Waals surface area contributed by atoms with Gasteiger partial charge in [-0.3, -0.25) is 0 Å². The average Bonchev–Trinajstić information content (AvgIpc) is 3.87. The van der Waals surface area contributed by atoms with E-state index in [1.165, 1.54) is 29.3 Å². The molecule has 8 fully saturated rings.